The molecule has 1 aromatic carbocycles. The van der Waals surface area contributed by atoms with Gasteiger partial charge in [-0.3, -0.25) is 9.59 Å². The summed E-state index contributed by atoms with van der Waals surface area (Å²) in [6.07, 6.45) is 4.33. The van der Waals surface area contributed by atoms with Crippen LogP contribution in [0.3, 0.4) is 0 Å². The van der Waals surface area contributed by atoms with Crippen molar-refractivity contribution in [2.75, 3.05) is 7.05 Å². The zero-order valence-electron chi connectivity index (χ0n) is 24.1. The molecule has 7 nitrogen and oxygen atoms in total. The van der Waals surface area contributed by atoms with Crippen LogP contribution in [-0.4, -0.2) is 51.5 Å². The molecule has 3 atom stereocenters. The van der Waals surface area contributed by atoms with Gasteiger partial charge in [0, 0.05) is 48.1 Å². The van der Waals surface area contributed by atoms with Gasteiger partial charge in [-0.25, -0.2) is 4.79 Å². The predicted octanol–water partition coefficient (Wildman–Crippen LogP) is 5.14. The van der Waals surface area contributed by atoms with Crippen LogP contribution in [0.15, 0.2) is 42.1 Å². The van der Waals surface area contributed by atoms with E-state index < -0.39 is 23.5 Å². The molecule has 2 unspecified atom stereocenters. The van der Waals surface area contributed by atoms with E-state index in [0.29, 0.717) is 6.42 Å². The minimum atomic E-state index is -1.01. The second-order valence-electron chi connectivity index (χ2n) is 11.4. The Morgan fingerprint density at radius 1 is 1.11 bits per heavy atom. The zero-order valence-corrected chi connectivity index (χ0v) is 24.1. The SMILES string of the molecule is CCC(C(=O)N[C@@H](C(=O)N(C)C(/C=C(\C)C(=O)O)C(C)C)C(C)C)C(C)(C)c1cn(C)c2ccccc12. The van der Waals surface area contributed by atoms with Crippen molar-refractivity contribution in [3.63, 3.8) is 0 Å². The molecule has 1 aromatic heterocycles. The van der Waals surface area contributed by atoms with Gasteiger partial charge in [0.25, 0.3) is 0 Å². The van der Waals surface area contributed by atoms with Crippen molar-refractivity contribution in [1.29, 1.82) is 0 Å². The lowest BCUT2D eigenvalue weighted by Gasteiger charge is -2.37. The maximum atomic E-state index is 13.8. The van der Waals surface area contributed by atoms with Crippen molar-refractivity contribution in [2.45, 2.75) is 79.3 Å². The van der Waals surface area contributed by atoms with E-state index in [0.717, 1.165) is 16.5 Å². The predicted molar refractivity (Wildman–Crippen MR) is 149 cm³/mol. The first-order valence-electron chi connectivity index (χ1n) is 13.2. The molecule has 0 bridgehead atoms. The van der Waals surface area contributed by atoms with Gasteiger partial charge >= 0.3 is 5.97 Å². The number of carboxylic acid groups (broad SMARTS) is 1. The third-order valence-corrected chi connectivity index (χ3v) is 7.65. The van der Waals surface area contributed by atoms with Crippen LogP contribution in [0.25, 0.3) is 10.9 Å². The number of hydrogen-bond donors (Lipinski definition) is 2. The number of fused-ring (bicyclic) bond motifs is 1. The Morgan fingerprint density at radius 2 is 1.70 bits per heavy atom. The Hall–Kier alpha value is -3.09. The molecule has 2 rings (SSSR count). The molecular formula is C30H45N3O4. The van der Waals surface area contributed by atoms with Gasteiger partial charge in [0.1, 0.15) is 6.04 Å². The highest BCUT2D eigenvalue weighted by atomic mass is 16.4. The highest BCUT2D eigenvalue weighted by Crippen LogP contribution is 2.39. The normalized spacial score (nSPS) is 15.1. The summed E-state index contributed by atoms with van der Waals surface area (Å²) in [5.74, 6) is -1.89. The Bertz CT molecular complexity index is 1160. The van der Waals surface area contributed by atoms with E-state index in [2.05, 4.69) is 42.1 Å². The largest absolute Gasteiger partial charge is 0.478 e. The minimum Gasteiger partial charge on any atom is -0.478 e. The molecule has 204 valence electrons. The summed E-state index contributed by atoms with van der Waals surface area (Å²) >= 11 is 0. The number of nitrogens with zero attached hydrogens (tertiary/aromatic N) is 2. The number of nitrogens with one attached hydrogen (secondary N) is 1. The molecule has 0 saturated carbocycles. The second-order valence-corrected chi connectivity index (χ2v) is 11.4. The molecule has 37 heavy (non-hydrogen) atoms. The number of para-hydroxylation sites is 1. The molecule has 0 aliphatic carbocycles. The first-order valence-corrected chi connectivity index (χ1v) is 13.2. The summed E-state index contributed by atoms with van der Waals surface area (Å²) in [5.41, 5.74) is 1.93. The summed E-state index contributed by atoms with van der Waals surface area (Å²) in [4.78, 5) is 40.4. The van der Waals surface area contributed by atoms with Gasteiger partial charge in [-0.1, -0.05) is 72.7 Å². The first-order chi connectivity index (χ1) is 17.1. The standard InChI is InChI=1S/C30H45N3O4/c1-11-22(30(7,8)23-17-32(9)24-15-13-12-14-21(23)24)27(34)31-26(19(4)5)28(35)33(10)25(18(2)3)16-20(6)29(36)37/h12-19,22,25-26H,11H2,1-10H3,(H,31,34)(H,36,37)/b20-16+/t22?,25?,26-/m1/s1. The number of amides is 2. The van der Waals surface area contributed by atoms with E-state index in [4.69, 9.17) is 0 Å². The summed E-state index contributed by atoms with van der Waals surface area (Å²) in [6.45, 7) is 15.4. The molecular weight excluding hydrogens is 466 g/mol. The molecule has 0 aliphatic rings. The lowest BCUT2D eigenvalue weighted by atomic mass is 9.71. The molecule has 0 spiro atoms. The average molecular weight is 512 g/mol. The zero-order chi connectivity index (χ0) is 28.2. The van der Waals surface area contributed by atoms with Gasteiger partial charge < -0.3 is 19.9 Å². The van der Waals surface area contributed by atoms with E-state index in [1.165, 1.54) is 6.92 Å². The lowest BCUT2D eigenvalue weighted by molar-refractivity contribution is -0.140. The fourth-order valence-electron chi connectivity index (χ4n) is 5.28. The Kier molecular flexibility index (Phi) is 9.75. The van der Waals surface area contributed by atoms with Gasteiger partial charge in [-0.2, -0.15) is 0 Å². The quantitative estimate of drug-likeness (QED) is 0.409. The summed E-state index contributed by atoms with van der Waals surface area (Å²) < 4.78 is 2.09. The van der Waals surface area contributed by atoms with E-state index in [1.807, 2.05) is 53.8 Å². The monoisotopic (exact) mass is 511 g/mol. The highest BCUT2D eigenvalue weighted by molar-refractivity contribution is 5.91. The van der Waals surface area contributed by atoms with E-state index in [-0.39, 0.29) is 35.1 Å². The van der Waals surface area contributed by atoms with E-state index in [1.54, 1.807) is 18.0 Å². The van der Waals surface area contributed by atoms with Crippen LogP contribution in [0, 0.1) is 17.8 Å². The number of aryl methyl sites for hydroxylation is 1. The Balaban J connectivity index is 2.37. The van der Waals surface area contributed by atoms with Crippen molar-refractivity contribution in [1.82, 2.24) is 14.8 Å². The number of rotatable bonds is 11. The number of carboxylic acids is 1. The van der Waals surface area contributed by atoms with Crippen LogP contribution < -0.4 is 5.32 Å². The van der Waals surface area contributed by atoms with Crippen LogP contribution in [0.1, 0.15) is 67.4 Å². The molecule has 2 aromatic rings. The third kappa shape index (κ3) is 6.43. The van der Waals surface area contributed by atoms with Gasteiger partial charge in [0.15, 0.2) is 0 Å². The molecule has 0 saturated heterocycles. The number of carbonyl (C=O) groups is 3. The fourth-order valence-corrected chi connectivity index (χ4v) is 5.28. The molecule has 2 amide bonds. The van der Waals surface area contributed by atoms with Crippen molar-refractivity contribution >= 4 is 28.7 Å². The Labute approximate surface area is 221 Å². The fraction of sp³-hybridized carbons (Fsp3) is 0.567. The molecule has 0 radical (unpaired) electrons. The van der Waals surface area contributed by atoms with Gasteiger partial charge in [0.2, 0.25) is 11.8 Å². The molecule has 2 N–H and O–H groups in total. The van der Waals surface area contributed by atoms with Crippen LogP contribution in [-0.2, 0) is 26.8 Å². The molecule has 7 heteroatoms. The summed E-state index contributed by atoms with van der Waals surface area (Å²) in [6, 6.07) is 7.05. The highest BCUT2D eigenvalue weighted by Gasteiger charge is 2.40. The maximum absolute atomic E-state index is 13.8. The smallest absolute Gasteiger partial charge is 0.331 e. The van der Waals surface area contributed by atoms with Crippen LogP contribution in [0.2, 0.25) is 0 Å². The lowest BCUT2D eigenvalue weighted by Crippen LogP contribution is -2.55. The number of hydrogen-bond acceptors (Lipinski definition) is 3. The number of carbonyl (C=O) groups excluding carboxylic acids is 2. The number of likely N-dealkylation sites (N-methyl/N-ethyl adjacent to an activating group) is 1. The second kappa shape index (κ2) is 12.0. The van der Waals surface area contributed by atoms with Crippen molar-refractivity contribution in [3.05, 3.63) is 47.7 Å². The summed E-state index contributed by atoms with van der Waals surface area (Å²) in [7, 11) is 3.69. The van der Waals surface area contributed by atoms with Crippen LogP contribution >= 0.6 is 0 Å². The van der Waals surface area contributed by atoms with Crippen LogP contribution in [0.4, 0.5) is 0 Å². The minimum absolute atomic E-state index is 0.000416. The van der Waals surface area contributed by atoms with Gasteiger partial charge in [-0.15, -0.1) is 0 Å². The van der Waals surface area contributed by atoms with Crippen molar-refractivity contribution in [2.24, 2.45) is 24.8 Å². The summed E-state index contributed by atoms with van der Waals surface area (Å²) in [5, 5.41) is 13.5. The maximum Gasteiger partial charge on any atom is 0.331 e. The average Bonchev–Trinajstić information content (AvgIpc) is 3.17. The Morgan fingerprint density at radius 3 is 2.22 bits per heavy atom. The third-order valence-electron chi connectivity index (χ3n) is 7.65. The molecule has 1 heterocycles. The number of benzene rings is 1. The topological polar surface area (TPSA) is 91.6 Å². The number of aromatic nitrogens is 1. The number of aliphatic carboxylic acids is 1. The first kappa shape index (κ1) is 30.1. The van der Waals surface area contributed by atoms with Crippen molar-refractivity contribution < 1.29 is 19.5 Å². The molecule has 0 fully saturated rings. The van der Waals surface area contributed by atoms with Crippen LogP contribution in [0.5, 0.6) is 0 Å². The molecule has 0 aliphatic heterocycles. The van der Waals surface area contributed by atoms with E-state index in [9.17, 15) is 19.5 Å². The van der Waals surface area contributed by atoms with Crippen molar-refractivity contribution in [3.8, 4) is 0 Å². The van der Waals surface area contributed by atoms with Gasteiger partial charge in [-0.05, 0) is 36.8 Å². The van der Waals surface area contributed by atoms with Gasteiger partial charge in [0.05, 0.1) is 6.04 Å². The van der Waals surface area contributed by atoms with E-state index >= 15 is 0 Å².